The highest BCUT2D eigenvalue weighted by molar-refractivity contribution is 6.30. The van der Waals surface area contributed by atoms with E-state index in [4.69, 9.17) is 19.4 Å². The molecule has 0 aliphatic heterocycles. The van der Waals surface area contributed by atoms with Crippen molar-refractivity contribution in [1.82, 2.24) is 10.3 Å². The maximum atomic E-state index is 11.8. The SMILES string of the molecule is [2H][13C]([2H])([15NH]C(=O)c1ncc(-c2cccc(Cl)c2)cc1O)[13C](=O)O. The molecule has 0 unspecified atom stereocenters. The van der Waals surface area contributed by atoms with Gasteiger partial charge in [0.1, 0.15) is 12.2 Å². The average Bonchev–Trinajstić information content (AvgIpc) is 2.46. The number of aromatic nitrogens is 1. The summed E-state index contributed by atoms with van der Waals surface area (Å²) in [6, 6.07) is 8.00. The molecular formula is C14H11ClN2O4. The average molecular weight is 312 g/mol. The Morgan fingerprint density at radius 1 is 1.33 bits per heavy atom. The Kier molecular flexibility index (Phi) is 3.61. The van der Waals surface area contributed by atoms with E-state index in [0.717, 1.165) is 0 Å². The van der Waals surface area contributed by atoms with Crippen molar-refractivity contribution in [3.8, 4) is 16.9 Å². The van der Waals surface area contributed by atoms with Crippen LogP contribution in [0.5, 0.6) is 5.75 Å². The van der Waals surface area contributed by atoms with Gasteiger partial charge in [0.05, 0.1) is 2.74 Å². The molecule has 0 fully saturated rings. The van der Waals surface area contributed by atoms with Gasteiger partial charge >= 0.3 is 5.97 Å². The largest absolute Gasteiger partial charge is 0.505 e. The number of hydrogen-bond donors (Lipinski definition) is 3. The van der Waals surface area contributed by atoms with E-state index < -0.39 is 29.8 Å². The third-order valence-electron chi connectivity index (χ3n) is 2.52. The Morgan fingerprint density at radius 2 is 2.10 bits per heavy atom. The molecule has 1 heterocycles. The predicted octanol–water partition coefficient (Wildman–Crippen LogP) is 1.92. The summed E-state index contributed by atoms with van der Waals surface area (Å²) in [4.78, 5) is 26.3. The standard InChI is InChI=1S/C14H11ClN2O4/c15-10-3-1-2-8(4-10)9-5-11(18)13(16-6-9)14(21)17-7-12(19)20/h1-6,18H,7H2,(H,17,21)(H,19,20)/i7+1D2,12+1,17+1. The number of nitrogens with one attached hydrogen (secondary N) is 1. The number of nitrogens with zero attached hydrogens (tertiary/aromatic N) is 1. The van der Waals surface area contributed by atoms with Gasteiger partial charge in [-0.2, -0.15) is 0 Å². The number of carboxylic acid groups (broad SMARTS) is 1. The highest BCUT2D eigenvalue weighted by Crippen LogP contribution is 2.26. The van der Waals surface area contributed by atoms with Gasteiger partial charge in [-0.05, 0) is 23.8 Å². The topological polar surface area (TPSA) is 99.5 Å². The van der Waals surface area contributed by atoms with Gasteiger partial charge in [-0.3, -0.25) is 9.59 Å². The van der Waals surface area contributed by atoms with E-state index in [0.29, 0.717) is 16.1 Å². The quantitative estimate of drug-likeness (QED) is 0.592. The van der Waals surface area contributed by atoms with Gasteiger partial charge in [0.15, 0.2) is 5.69 Å². The van der Waals surface area contributed by atoms with Crippen LogP contribution in [-0.2, 0) is 4.79 Å². The second kappa shape index (κ2) is 6.23. The highest BCUT2D eigenvalue weighted by Gasteiger charge is 2.14. The van der Waals surface area contributed by atoms with E-state index >= 15 is 0 Å². The molecule has 1 aromatic carbocycles. The normalized spacial score (nSPS) is 12.2. The van der Waals surface area contributed by atoms with Crippen molar-refractivity contribution in [3.05, 3.63) is 47.2 Å². The van der Waals surface area contributed by atoms with Crippen molar-refractivity contribution in [2.75, 3.05) is 6.50 Å². The zero-order valence-corrected chi connectivity index (χ0v) is 11.3. The molecule has 108 valence electrons. The Labute approximate surface area is 127 Å². The third kappa shape index (κ3) is 3.70. The summed E-state index contributed by atoms with van der Waals surface area (Å²) in [6.07, 6.45) is 1.29. The number of carboxylic acids is 1. The second-order valence-electron chi connectivity index (χ2n) is 3.99. The summed E-state index contributed by atoms with van der Waals surface area (Å²) in [7, 11) is 0. The van der Waals surface area contributed by atoms with Crippen LogP contribution in [0.25, 0.3) is 11.1 Å². The number of halogens is 1. The van der Waals surface area contributed by atoms with Crippen LogP contribution in [0.2, 0.25) is 5.02 Å². The number of aliphatic carboxylic acids is 1. The molecule has 0 spiro atoms. The van der Waals surface area contributed by atoms with Gasteiger partial charge in [0.2, 0.25) is 0 Å². The minimum Gasteiger partial charge on any atom is -0.505 e. The van der Waals surface area contributed by atoms with Crippen molar-refractivity contribution in [2.45, 2.75) is 0 Å². The fourth-order valence-corrected chi connectivity index (χ4v) is 1.81. The van der Waals surface area contributed by atoms with Crippen LogP contribution in [-0.4, -0.2) is 33.6 Å². The van der Waals surface area contributed by atoms with Crippen molar-refractivity contribution >= 4 is 23.5 Å². The highest BCUT2D eigenvalue weighted by atomic mass is 35.5. The molecule has 0 radical (unpaired) electrons. The molecule has 7 heteroatoms. The van der Waals surface area contributed by atoms with Gasteiger partial charge in [-0.25, -0.2) is 4.98 Å². The molecule has 0 saturated carbocycles. The minimum absolute atomic E-state index is 0.485. The fourth-order valence-electron chi connectivity index (χ4n) is 1.62. The number of carbonyl (C=O) groups excluding carboxylic acids is 1. The Bertz CT molecular complexity index is 783. The van der Waals surface area contributed by atoms with Gasteiger partial charge in [-0.15, -0.1) is 0 Å². The third-order valence-corrected chi connectivity index (χ3v) is 2.76. The minimum atomic E-state index is -2.98. The molecule has 2 aromatic rings. The maximum Gasteiger partial charge on any atom is 0.322 e. The lowest BCUT2D eigenvalue weighted by Crippen LogP contribution is -2.29. The lowest BCUT2D eigenvalue weighted by molar-refractivity contribution is -0.135. The van der Waals surface area contributed by atoms with E-state index in [9.17, 15) is 14.7 Å². The maximum absolute atomic E-state index is 11.8. The zero-order chi connectivity index (χ0) is 17.2. The van der Waals surface area contributed by atoms with Crippen LogP contribution in [0, 0.1) is 0 Å². The van der Waals surface area contributed by atoms with Gasteiger partial charge < -0.3 is 15.5 Å². The van der Waals surface area contributed by atoms with Gasteiger partial charge in [-0.1, -0.05) is 23.7 Å². The molecule has 21 heavy (non-hydrogen) atoms. The first-order valence-electron chi connectivity index (χ1n) is 6.71. The van der Waals surface area contributed by atoms with E-state index in [1.807, 2.05) is 0 Å². The summed E-state index contributed by atoms with van der Waals surface area (Å²) in [6.45, 7) is -2.98. The number of amides is 1. The number of rotatable bonds is 4. The number of hydrogen-bond acceptors (Lipinski definition) is 4. The van der Waals surface area contributed by atoms with Gasteiger partial charge in [0.25, 0.3) is 5.91 Å². The van der Waals surface area contributed by atoms with E-state index in [-0.39, 0.29) is 0 Å². The first-order chi connectivity index (χ1) is 10.7. The van der Waals surface area contributed by atoms with Crippen LogP contribution in [0.4, 0.5) is 0 Å². The summed E-state index contributed by atoms with van der Waals surface area (Å²) in [5, 5.41) is 20.7. The Balaban J connectivity index is 2.29. The number of aromatic hydroxyl groups is 1. The monoisotopic (exact) mass is 311 g/mol. The Morgan fingerprint density at radius 3 is 2.71 bits per heavy atom. The van der Waals surface area contributed by atoms with E-state index in [1.54, 1.807) is 29.6 Å². The molecule has 0 saturated heterocycles. The Hall–Kier alpha value is -2.60. The molecule has 0 aliphatic rings. The van der Waals surface area contributed by atoms with E-state index in [1.165, 1.54) is 12.3 Å². The first-order valence-corrected chi connectivity index (χ1v) is 6.09. The van der Waals surface area contributed by atoms with E-state index in [2.05, 4.69) is 4.98 Å². The zero-order valence-electron chi connectivity index (χ0n) is 12.5. The molecular weight excluding hydrogens is 299 g/mol. The summed E-state index contributed by atoms with van der Waals surface area (Å²) < 4.78 is 14.3. The molecule has 1 aromatic heterocycles. The smallest absolute Gasteiger partial charge is 0.322 e. The van der Waals surface area contributed by atoms with Crippen LogP contribution in [0.15, 0.2) is 36.5 Å². The number of pyridine rings is 1. The first kappa shape index (κ1) is 12.2. The molecule has 2 rings (SSSR count). The molecule has 1 amide bonds. The fraction of sp³-hybridized carbons (Fsp3) is 0.0714. The molecule has 6 nitrogen and oxygen atoms in total. The van der Waals surface area contributed by atoms with Crippen molar-refractivity contribution in [1.29, 1.82) is 0 Å². The number of carbonyl (C=O) groups is 2. The summed E-state index contributed by atoms with van der Waals surface area (Å²) in [5.74, 6) is -3.52. The second-order valence-corrected chi connectivity index (χ2v) is 4.42. The number of benzene rings is 1. The molecule has 3 N–H and O–H groups in total. The predicted molar refractivity (Wildman–Crippen MR) is 76.3 cm³/mol. The molecule has 0 aliphatic carbocycles. The summed E-state index contributed by atoms with van der Waals surface area (Å²) in [5.41, 5.74) is 0.664. The lowest BCUT2D eigenvalue weighted by Gasteiger charge is -2.07. The lowest BCUT2D eigenvalue weighted by atomic mass is 10.1. The molecule has 0 bridgehead atoms. The van der Waals surface area contributed by atoms with Crippen LogP contribution >= 0.6 is 11.6 Å². The van der Waals surface area contributed by atoms with Crippen molar-refractivity contribution in [2.24, 2.45) is 0 Å². The van der Waals surface area contributed by atoms with Crippen LogP contribution < -0.4 is 5.32 Å². The van der Waals surface area contributed by atoms with Crippen molar-refractivity contribution in [3.63, 3.8) is 0 Å². The van der Waals surface area contributed by atoms with Crippen LogP contribution in [0.1, 0.15) is 13.2 Å². The van der Waals surface area contributed by atoms with Crippen molar-refractivity contribution < 1.29 is 22.5 Å². The molecule has 0 atom stereocenters. The summed E-state index contributed by atoms with van der Waals surface area (Å²) >= 11 is 5.87. The van der Waals surface area contributed by atoms with Gasteiger partial charge in [0, 0.05) is 16.8 Å². The van der Waals surface area contributed by atoms with Crippen LogP contribution in [0.3, 0.4) is 0 Å².